The van der Waals surface area contributed by atoms with Gasteiger partial charge in [0.2, 0.25) is 0 Å². The molecule has 0 atom stereocenters. The number of thiocarbonyl (C=S) groups is 1. The number of amides is 1. The first kappa shape index (κ1) is 23.1. The third-order valence-electron chi connectivity index (χ3n) is 4.25. The maximum Gasteiger partial charge on any atom is 0.271 e. The Morgan fingerprint density at radius 2 is 1.87 bits per heavy atom. The number of nitrogens with one attached hydrogen (secondary N) is 2. The molecule has 0 aromatic heterocycles. The van der Waals surface area contributed by atoms with E-state index in [2.05, 4.69) is 17.6 Å². The quantitative estimate of drug-likeness (QED) is 0.243. The SMILES string of the molecule is CCCCCCOc1ccc(C(=O)NC(=S)Nc2cc([N+](=O)[O-])ccc2OC)cc1. The van der Waals surface area contributed by atoms with Gasteiger partial charge >= 0.3 is 0 Å². The Kier molecular flexibility index (Phi) is 9.02. The van der Waals surface area contributed by atoms with E-state index >= 15 is 0 Å². The fourth-order valence-corrected chi connectivity index (χ4v) is 2.86. The zero-order chi connectivity index (χ0) is 21.9. The summed E-state index contributed by atoms with van der Waals surface area (Å²) in [6.45, 7) is 2.80. The van der Waals surface area contributed by atoms with Gasteiger partial charge in [0.1, 0.15) is 11.5 Å². The number of nitro groups is 1. The molecule has 2 rings (SSSR count). The monoisotopic (exact) mass is 431 g/mol. The third-order valence-corrected chi connectivity index (χ3v) is 4.46. The number of hydrogen-bond donors (Lipinski definition) is 2. The highest BCUT2D eigenvalue weighted by Gasteiger charge is 2.14. The normalized spacial score (nSPS) is 10.2. The lowest BCUT2D eigenvalue weighted by Gasteiger charge is -2.13. The number of ether oxygens (including phenoxy) is 2. The van der Waals surface area contributed by atoms with Crippen molar-refractivity contribution in [1.82, 2.24) is 5.32 Å². The van der Waals surface area contributed by atoms with Crippen LogP contribution in [0, 0.1) is 10.1 Å². The summed E-state index contributed by atoms with van der Waals surface area (Å²) in [6, 6.07) is 10.8. The Hall–Kier alpha value is -3.20. The predicted molar refractivity (Wildman–Crippen MR) is 119 cm³/mol. The van der Waals surface area contributed by atoms with Gasteiger partial charge in [-0.2, -0.15) is 0 Å². The van der Waals surface area contributed by atoms with Gasteiger partial charge in [0.05, 0.1) is 24.3 Å². The molecular formula is C21H25N3O5S. The van der Waals surface area contributed by atoms with Crippen molar-refractivity contribution in [3.05, 3.63) is 58.1 Å². The molecule has 0 aliphatic rings. The molecule has 1 amide bonds. The molecule has 0 fully saturated rings. The van der Waals surface area contributed by atoms with Gasteiger partial charge in [-0.05, 0) is 49.0 Å². The number of hydrogen-bond acceptors (Lipinski definition) is 6. The number of methoxy groups -OCH3 is 1. The van der Waals surface area contributed by atoms with E-state index in [-0.39, 0.29) is 16.5 Å². The minimum absolute atomic E-state index is 0.00458. The van der Waals surface area contributed by atoms with Crippen molar-refractivity contribution in [2.24, 2.45) is 0 Å². The zero-order valence-electron chi connectivity index (χ0n) is 17.0. The summed E-state index contributed by atoms with van der Waals surface area (Å²) in [5, 5.41) is 16.3. The van der Waals surface area contributed by atoms with Gasteiger partial charge in [0, 0.05) is 17.7 Å². The largest absolute Gasteiger partial charge is 0.495 e. The van der Waals surface area contributed by atoms with Crippen LogP contribution in [-0.4, -0.2) is 29.7 Å². The standard InChI is InChI=1S/C21H25N3O5S/c1-3-4-5-6-13-29-17-10-7-15(8-11-17)20(25)23-21(30)22-18-14-16(24(26)27)9-12-19(18)28-2/h7-12,14H,3-6,13H2,1-2H3,(H2,22,23,25,30). The van der Waals surface area contributed by atoms with Crippen LogP contribution >= 0.6 is 12.2 Å². The molecule has 0 unspecified atom stereocenters. The minimum Gasteiger partial charge on any atom is -0.495 e. The van der Waals surface area contributed by atoms with Crippen LogP contribution in [0.25, 0.3) is 0 Å². The summed E-state index contributed by atoms with van der Waals surface area (Å²) in [6.07, 6.45) is 4.50. The second-order valence-electron chi connectivity index (χ2n) is 6.48. The second-order valence-corrected chi connectivity index (χ2v) is 6.89. The van der Waals surface area contributed by atoms with Crippen LogP contribution in [0.5, 0.6) is 11.5 Å². The number of nitrogens with zero attached hydrogens (tertiary/aromatic N) is 1. The summed E-state index contributed by atoms with van der Waals surface area (Å²) in [5.41, 5.74) is 0.560. The van der Waals surface area contributed by atoms with Crippen molar-refractivity contribution in [1.29, 1.82) is 0 Å². The van der Waals surface area contributed by atoms with E-state index in [1.165, 1.54) is 38.2 Å². The van der Waals surface area contributed by atoms with Crippen LogP contribution < -0.4 is 20.1 Å². The average Bonchev–Trinajstić information content (AvgIpc) is 2.73. The first-order valence-corrected chi connectivity index (χ1v) is 10.0. The molecule has 2 aromatic rings. The van der Waals surface area contributed by atoms with Crippen molar-refractivity contribution in [3.8, 4) is 11.5 Å². The van der Waals surface area contributed by atoms with Crippen molar-refractivity contribution in [2.75, 3.05) is 19.0 Å². The maximum absolute atomic E-state index is 12.4. The average molecular weight is 432 g/mol. The van der Waals surface area contributed by atoms with Crippen molar-refractivity contribution in [3.63, 3.8) is 0 Å². The summed E-state index contributed by atoms with van der Waals surface area (Å²) < 4.78 is 10.8. The number of carbonyl (C=O) groups excluding carboxylic acids is 1. The fourth-order valence-electron chi connectivity index (χ4n) is 2.66. The van der Waals surface area contributed by atoms with E-state index in [9.17, 15) is 14.9 Å². The number of nitro benzene ring substituents is 1. The van der Waals surface area contributed by atoms with Gasteiger partial charge in [0.25, 0.3) is 11.6 Å². The van der Waals surface area contributed by atoms with Gasteiger partial charge in [-0.1, -0.05) is 26.2 Å². The van der Waals surface area contributed by atoms with Crippen LogP contribution in [0.15, 0.2) is 42.5 Å². The van der Waals surface area contributed by atoms with Crippen molar-refractivity contribution in [2.45, 2.75) is 32.6 Å². The maximum atomic E-state index is 12.4. The molecule has 2 aromatic carbocycles. The third kappa shape index (κ3) is 7.00. The Morgan fingerprint density at radius 1 is 1.13 bits per heavy atom. The van der Waals surface area contributed by atoms with E-state index in [1.54, 1.807) is 24.3 Å². The smallest absolute Gasteiger partial charge is 0.271 e. The molecule has 0 bridgehead atoms. The predicted octanol–water partition coefficient (Wildman–Crippen LogP) is 4.69. The van der Waals surface area contributed by atoms with Gasteiger partial charge in [-0.15, -0.1) is 0 Å². The number of unbranched alkanes of at least 4 members (excludes halogenated alkanes) is 3. The van der Waals surface area contributed by atoms with Crippen LogP contribution in [0.4, 0.5) is 11.4 Å². The lowest BCUT2D eigenvalue weighted by Crippen LogP contribution is -2.34. The summed E-state index contributed by atoms with van der Waals surface area (Å²) in [7, 11) is 1.43. The first-order chi connectivity index (χ1) is 14.4. The molecular weight excluding hydrogens is 406 g/mol. The Balaban J connectivity index is 1.92. The molecule has 0 radical (unpaired) electrons. The Morgan fingerprint density at radius 3 is 2.50 bits per heavy atom. The highest BCUT2D eigenvalue weighted by molar-refractivity contribution is 7.80. The van der Waals surface area contributed by atoms with Crippen LogP contribution in [0.1, 0.15) is 43.0 Å². The first-order valence-electron chi connectivity index (χ1n) is 9.62. The minimum atomic E-state index is -0.528. The van der Waals surface area contributed by atoms with Crippen LogP contribution in [-0.2, 0) is 0 Å². The van der Waals surface area contributed by atoms with Gasteiger partial charge < -0.3 is 14.8 Å². The number of rotatable bonds is 10. The molecule has 0 saturated heterocycles. The fraction of sp³-hybridized carbons (Fsp3) is 0.333. The Bertz CT molecular complexity index is 887. The summed E-state index contributed by atoms with van der Waals surface area (Å²) >= 11 is 5.15. The highest BCUT2D eigenvalue weighted by atomic mass is 32.1. The molecule has 0 aliphatic heterocycles. The van der Waals surface area contributed by atoms with E-state index in [0.717, 1.165) is 12.8 Å². The van der Waals surface area contributed by atoms with Gasteiger partial charge in [-0.25, -0.2) is 0 Å². The summed E-state index contributed by atoms with van der Waals surface area (Å²) in [4.78, 5) is 22.8. The molecule has 0 spiro atoms. The number of carbonyl (C=O) groups is 1. The highest BCUT2D eigenvalue weighted by Crippen LogP contribution is 2.28. The molecule has 0 saturated carbocycles. The molecule has 2 N–H and O–H groups in total. The van der Waals surface area contributed by atoms with E-state index in [0.29, 0.717) is 23.7 Å². The second kappa shape index (κ2) is 11.7. The van der Waals surface area contributed by atoms with Crippen LogP contribution in [0.2, 0.25) is 0 Å². The molecule has 8 nitrogen and oxygen atoms in total. The van der Waals surface area contributed by atoms with Gasteiger partial charge in [0.15, 0.2) is 5.11 Å². The zero-order valence-corrected chi connectivity index (χ0v) is 17.8. The molecule has 160 valence electrons. The molecule has 0 aliphatic carbocycles. The molecule has 0 heterocycles. The Labute approximate surface area is 180 Å². The van der Waals surface area contributed by atoms with Gasteiger partial charge in [-0.3, -0.25) is 20.2 Å². The molecule has 9 heteroatoms. The lowest BCUT2D eigenvalue weighted by atomic mass is 10.2. The van der Waals surface area contributed by atoms with Crippen LogP contribution in [0.3, 0.4) is 0 Å². The number of anilines is 1. The van der Waals surface area contributed by atoms with Crippen molar-refractivity contribution < 1.29 is 19.2 Å². The van der Waals surface area contributed by atoms with Crippen molar-refractivity contribution >= 4 is 34.6 Å². The molecule has 30 heavy (non-hydrogen) atoms. The number of non-ortho nitro benzene ring substituents is 1. The van der Waals surface area contributed by atoms with E-state index in [1.807, 2.05) is 0 Å². The number of benzene rings is 2. The topological polar surface area (TPSA) is 103 Å². The van der Waals surface area contributed by atoms with E-state index in [4.69, 9.17) is 21.7 Å². The van der Waals surface area contributed by atoms with E-state index < -0.39 is 10.8 Å². The lowest BCUT2D eigenvalue weighted by molar-refractivity contribution is -0.384. The summed E-state index contributed by atoms with van der Waals surface area (Å²) in [5.74, 6) is 0.647.